The summed E-state index contributed by atoms with van der Waals surface area (Å²) in [6.45, 7) is 8.65. The quantitative estimate of drug-likeness (QED) is 0.582. The molecular formula is C9H19N. The highest BCUT2D eigenvalue weighted by atomic mass is 15.1. The molecule has 1 fully saturated rings. The van der Waals surface area contributed by atoms with E-state index in [0.29, 0.717) is 0 Å². The van der Waals surface area contributed by atoms with E-state index in [2.05, 4.69) is 18.7 Å². The lowest BCUT2D eigenvalue weighted by Gasteiger charge is -2.13. The zero-order chi connectivity index (χ0) is 7.40. The molecule has 1 heteroatoms. The predicted octanol–water partition coefficient (Wildman–Crippen LogP) is 2.13. The fourth-order valence-electron chi connectivity index (χ4n) is 1.61. The average Bonchev–Trinajstić information content (AvgIpc) is 2.31. The molecule has 0 N–H and O–H groups in total. The molecule has 1 unspecified atom stereocenters. The Morgan fingerprint density at radius 3 is 2.80 bits per heavy atom. The van der Waals surface area contributed by atoms with Crippen molar-refractivity contribution in [1.29, 1.82) is 0 Å². The second-order valence-electron chi connectivity index (χ2n) is 3.55. The van der Waals surface area contributed by atoms with Crippen LogP contribution in [0.15, 0.2) is 0 Å². The van der Waals surface area contributed by atoms with Crippen molar-refractivity contribution in [3.8, 4) is 0 Å². The van der Waals surface area contributed by atoms with Crippen LogP contribution in [0, 0.1) is 5.92 Å². The van der Waals surface area contributed by atoms with Crippen molar-refractivity contribution in [2.75, 3.05) is 19.6 Å². The van der Waals surface area contributed by atoms with E-state index in [0.717, 1.165) is 5.92 Å². The zero-order valence-electron chi connectivity index (χ0n) is 7.27. The molecule has 0 amide bonds. The molecule has 1 saturated heterocycles. The minimum Gasteiger partial charge on any atom is -0.303 e. The Morgan fingerprint density at radius 2 is 2.30 bits per heavy atom. The Morgan fingerprint density at radius 1 is 1.50 bits per heavy atom. The van der Waals surface area contributed by atoms with E-state index in [9.17, 15) is 0 Å². The molecule has 1 rings (SSSR count). The van der Waals surface area contributed by atoms with Crippen molar-refractivity contribution >= 4 is 0 Å². The maximum atomic E-state index is 2.59. The fourth-order valence-corrected chi connectivity index (χ4v) is 1.61. The van der Waals surface area contributed by atoms with Crippen molar-refractivity contribution in [3.63, 3.8) is 0 Å². The average molecular weight is 141 g/mol. The van der Waals surface area contributed by atoms with Gasteiger partial charge in [-0.05, 0) is 31.8 Å². The lowest BCUT2D eigenvalue weighted by Crippen LogP contribution is -2.21. The second-order valence-corrected chi connectivity index (χ2v) is 3.55. The fraction of sp³-hybridized carbons (Fsp3) is 1.00. The van der Waals surface area contributed by atoms with Crippen molar-refractivity contribution in [2.24, 2.45) is 5.92 Å². The number of likely N-dealkylation sites (tertiary alicyclic amines) is 1. The first-order valence-electron chi connectivity index (χ1n) is 4.55. The SMILES string of the molecule is CCCCN1CCC(C)C1. The van der Waals surface area contributed by atoms with Crippen LogP contribution in [0.3, 0.4) is 0 Å². The summed E-state index contributed by atoms with van der Waals surface area (Å²) in [5.74, 6) is 0.955. The van der Waals surface area contributed by atoms with Gasteiger partial charge in [-0.3, -0.25) is 0 Å². The van der Waals surface area contributed by atoms with Crippen LogP contribution in [0.4, 0.5) is 0 Å². The van der Waals surface area contributed by atoms with Crippen LogP contribution >= 0.6 is 0 Å². The van der Waals surface area contributed by atoms with Gasteiger partial charge in [-0.25, -0.2) is 0 Å². The zero-order valence-corrected chi connectivity index (χ0v) is 7.27. The molecule has 0 spiro atoms. The lowest BCUT2D eigenvalue weighted by atomic mass is 10.2. The third-order valence-electron chi connectivity index (χ3n) is 2.34. The molecule has 1 aliphatic rings. The van der Waals surface area contributed by atoms with Crippen molar-refractivity contribution in [1.82, 2.24) is 4.90 Å². The van der Waals surface area contributed by atoms with E-state index in [-0.39, 0.29) is 0 Å². The topological polar surface area (TPSA) is 3.24 Å². The standard InChI is InChI=1S/C9H19N/c1-3-4-6-10-7-5-9(2)8-10/h9H,3-8H2,1-2H3. The van der Waals surface area contributed by atoms with Gasteiger partial charge >= 0.3 is 0 Å². The van der Waals surface area contributed by atoms with E-state index >= 15 is 0 Å². The molecule has 1 nitrogen and oxygen atoms in total. The molecule has 0 aromatic rings. The van der Waals surface area contributed by atoms with Crippen molar-refractivity contribution in [2.45, 2.75) is 33.1 Å². The van der Waals surface area contributed by atoms with E-state index < -0.39 is 0 Å². The van der Waals surface area contributed by atoms with Gasteiger partial charge in [0.05, 0.1) is 0 Å². The number of hydrogen-bond acceptors (Lipinski definition) is 1. The van der Waals surface area contributed by atoms with E-state index in [4.69, 9.17) is 0 Å². The van der Waals surface area contributed by atoms with Crippen LogP contribution < -0.4 is 0 Å². The summed E-state index contributed by atoms with van der Waals surface area (Å²) >= 11 is 0. The monoisotopic (exact) mass is 141 g/mol. The highest BCUT2D eigenvalue weighted by Crippen LogP contribution is 2.14. The van der Waals surface area contributed by atoms with Gasteiger partial charge in [0.15, 0.2) is 0 Å². The summed E-state index contributed by atoms with van der Waals surface area (Å²) in [4.78, 5) is 2.59. The van der Waals surface area contributed by atoms with Crippen LogP contribution in [0.25, 0.3) is 0 Å². The van der Waals surface area contributed by atoms with Crippen LogP contribution in [-0.2, 0) is 0 Å². The molecule has 1 aliphatic heterocycles. The molecule has 0 aliphatic carbocycles. The van der Waals surface area contributed by atoms with E-state index in [1.165, 1.54) is 38.9 Å². The molecule has 10 heavy (non-hydrogen) atoms. The summed E-state index contributed by atoms with van der Waals surface area (Å²) in [6, 6.07) is 0. The molecule has 0 aromatic carbocycles. The summed E-state index contributed by atoms with van der Waals surface area (Å²) in [5.41, 5.74) is 0. The van der Waals surface area contributed by atoms with Gasteiger partial charge in [0.2, 0.25) is 0 Å². The minimum atomic E-state index is 0.955. The molecule has 0 saturated carbocycles. The first-order valence-corrected chi connectivity index (χ1v) is 4.55. The third-order valence-corrected chi connectivity index (χ3v) is 2.34. The summed E-state index contributed by atoms with van der Waals surface area (Å²) < 4.78 is 0. The Labute approximate surface area is 64.4 Å². The van der Waals surface area contributed by atoms with Crippen LogP contribution in [-0.4, -0.2) is 24.5 Å². The van der Waals surface area contributed by atoms with Gasteiger partial charge in [-0.2, -0.15) is 0 Å². The third kappa shape index (κ3) is 2.30. The van der Waals surface area contributed by atoms with Crippen molar-refractivity contribution in [3.05, 3.63) is 0 Å². The summed E-state index contributed by atoms with van der Waals surface area (Å²) in [6.07, 6.45) is 4.14. The van der Waals surface area contributed by atoms with Crippen LogP contribution in [0.2, 0.25) is 0 Å². The van der Waals surface area contributed by atoms with Gasteiger partial charge in [0, 0.05) is 6.54 Å². The molecule has 0 bridgehead atoms. The first-order chi connectivity index (χ1) is 4.83. The Bertz CT molecular complexity index is 90.7. The summed E-state index contributed by atoms with van der Waals surface area (Å²) in [5, 5.41) is 0. The number of hydrogen-bond donors (Lipinski definition) is 0. The Balaban J connectivity index is 2.06. The van der Waals surface area contributed by atoms with E-state index in [1.54, 1.807) is 0 Å². The Hall–Kier alpha value is -0.0400. The molecule has 1 atom stereocenters. The predicted molar refractivity (Wildman–Crippen MR) is 45.1 cm³/mol. The number of unbranched alkanes of at least 4 members (excludes halogenated alkanes) is 1. The highest BCUT2D eigenvalue weighted by molar-refractivity contribution is 4.71. The number of nitrogens with zero attached hydrogens (tertiary/aromatic N) is 1. The van der Waals surface area contributed by atoms with E-state index in [1.807, 2.05) is 0 Å². The molecule has 60 valence electrons. The van der Waals surface area contributed by atoms with Gasteiger partial charge < -0.3 is 4.90 Å². The maximum absolute atomic E-state index is 2.59. The normalized spacial score (nSPS) is 27.6. The number of rotatable bonds is 3. The van der Waals surface area contributed by atoms with Crippen molar-refractivity contribution < 1.29 is 0 Å². The molecular weight excluding hydrogens is 122 g/mol. The Kier molecular flexibility index (Phi) is 3.20. The minimum absolute atomic E-state index is 0.955. The maximum Gasteiger partial charge on any atom is 0.000750 e. The molecule has 0 aromatic heterocycles. The van der Waals surface area contributed by atoms with Gasteiger partial charge in [-0.15, -0.1) is 0 Å². The largest absolute Gasteiger partial charge is 0.303 e. The highest BCUT2D eigenvalue weighted by Gasteiger charge is 2.16. The lowest BCUT2D eigenvalue weighted by molar-refractivity contribution is 0.322. The molecule has 0 radical (unpaired) electrons. The second kappa shape index (κ2) is 3.97. The first kappa shape index (κ1) is 8.06. The van der Waals surface area contributed by atoms with Crippen LogP contribution in [0.5, 0.6) is 0 Å². The molecule has 1 heterocycles. The van der Waals surface area contributed by atoms with Gasteiger partial charge in [0.1, 0.15) is 0 Å². The smallest absolute Gasteiger partial charge is 0.000750 e. The summed E-state index contributed by atoms with van der Waals surface area (Å²) in [7, 11) is 0. The van der Waals surface area contributed by atoms with Gasteiger partial charge in [0.25, 0.3) is 0 Å². The van der Waals surface area contributed by atoms with Gasteiger partial charge in [-0.1, -0.05) is 20.3 Å². The van der Waals surface area contributed by atoms with Crippen LogP contribution in [0.1, 0.15) is 33.1 Å².